The van der Waals surface area contributed by atoms with Gasteiger partial charge in [-0.3, -0.25) is 4.79 Å². The zero-order valence-corrected chi connectivity index (χ0v) is 27.9. The fourth-order valence-corrected chi connectivity index (χ4v) is 4.89. The lowest BCUT2D eigenvalue weighted by molar-refractivity contribution is -0.159. The first-order valence-electron chi connectivity index (χ1n) is 14.6. The monoisotopic (exact) mass is 603 g/mol. The van der Waals surface area contributed by atoms with Crippen molar-refractivity contribution >= 4 is 28.1 Å². The maximum Gasteiger partial charge on any atom is 0.343 e. The van der Waals surface area contributed by atoms with E-state index in [1.807, 2.05) is 83.2 Å². The number of hydrogen-bond acceptors (Lipinski definition) is 6. The van der Waals surface area contributed by atoms with Crippen LogP contribution in [-0.2, 0) is 19.9 Å². The van der Waals surface area contributed by atoms with Crippen molar-refractivity contribution in [2.45, 2.75) is 78.3 Å². The van der Waals surface area contributed by atoms with E-state index in [1.54, 1.807) is 31.4 Å². The van der Waals surface area contributed by atoms with E-state index in [4.69, 9.17) is 18.9 Å². The summed E-state index contributed by atoms with van der Waals surface area (Å²) in [5, 5.41) is 0. The van der Waals surface area contributed by atoms with Crippen LogP contribution in [0.1, 0.15) is 77.2 Å². The highest BCUT2D eigenvalue weighted by atomic mass is 31.0. The number of rotatable bonds is 13. The topological polar surface area (TPSA) is 71.1 Å². The van der Waals surface area contributed by atoms with Gasteiger partial charge in [0.2, 0.25) is 0 Å². The molecule has 0 saturated heterocycles. The Labute approximate surface area is 260 Å². The Morgan fingerprint density at radius 1 is 0.791 bits per heavy atom. The number of ether oxygens (including phenoxy) is 4. The standard InChI is InChI=1S/C35H45BO6P/c1-33(2,3)23-30(36-43)32(38)42-34(4,5)21-22-40-35(6,7)27-15-9-26(10-16-27)31(37)41-29-19-13-25(14-20-29)24-11-17-28(39-8)18-12-24/h9-20,30H,21-23,43H2,1-8H3. The number of esters is 2. The van der Waals surface area contributed by atoms with Gasteiger partial charge in [0, 0.05) is 12.2 Å². The molecule has 6 nitrogen and oxygen atoms in total. The second-order valence-corrected chi connectivity index (χ2v) is 13.5. The van der Waals surface area contributed by atoms with Crippen molar-refractivity contribution < 1.29 is 28.5 Å². The molecule has 0 N–H and O–H groups in total. The molecule has 0 fully saturated rings. The average Bonchev–Trinajstić information content (AvgIpc) is 2.95. The summed E-state index contributed by atoms with van der Waals surface area (Å²) < 4.78 is 22.9. The molecule has 0 aliphatic rings. The van der Waals surface area contributed by atoms with Gasteiger partial charge >= 0.3 is 11.9 Å². The van der Waals surface area contributed by atoms with E-state index in [0.717, 1.165) is 28.9 Å². The smallest absolute Gasteiger partial charge is 0.343 e. The molecule has 0 amide bonds. The molecule has 43 heavy (non-hydrogen) atoms. The summed E-state index contributed by atoms with van der Waals surface area (Å²) in [5.74, 6) is 0.347. The molecule has 3 aromatic rings. The minimum absolute atomic E-state index is 0.0182. The van der Waals surface area contributed by atoms with Crippen molar-refractivity contribution in [2.75, 3.05) is 13.7 Å². The van der Waals surface area contributed by atoms with Crippen molar-refractivity contribution in [1.29, 1.82) is 0 Å². The predicted octanol–water partition coefficient (Wildman–Crippen LogP) is 8.26. The highest BCUT2D eigenvalue weighted by Crippen LogP contribution is 2.32. The van der Waals surface area contributed by atoms with E-state index in [1.165, 1.54) is 0 Å². The van der Waals surface area contributed by atoms with Crippen molar-refractivity contribution in [3.05, 3.63) is 83.9 Å². The Bertz CT molecular complexity index is 1340. The number of carbonyl (C=O) groups excluding carboxylic acids is 2. The molecular formula is C35H45BO6P. The third-order valence-corrected chi connectivity index (χ3v) is 7.68. The van der Waals surface area contributed by atoms with Crippen molar-refractivity contribution in [3.63, 3.8) is 0 Å². The fourth-order valence-electron chi connectivity index (χ4n) is 4.60. The lowest BCUT2D eigenvalue weighted by Crippen LogP contribution is -2.34. The van der Waals surface area contributed by atoms with E-state index in [0.29, 0.717) is 24.3 Å². The van der Waals surface area contributed by atoms with Gasteiger partial charge in [-0.25, -0.2) is 4.79 Å². The first-order chi connectivity index (χ1) is 20.1. The molecule has 1 radical (unpaired) electrons. The lowest BCUT2D eigenvalue weighted by atomic mass is 9.73. The van der Waals surface area contributed by atoms with Crippen LogP contribution < -0.4 is 9.47 Å². The number of methoxy groups -OCH3 is 1. The number of hydrogen-bond donors (Lipinski definition) is 0. The summed E-state index contributed by atoms with van der Waals surface area (Å²) in [7, 11) is 4.18. The quantitative estimate of drug-likeness (QED) is 0.0848. The highest BCUT2D eigenvalue weighted by molar-refractivity contribution is 7.56. The number of carbonyl (C=O) groups is 2. The second kappa shape index (κ2) is 14.6. The fraction of sp³-hybridized carbons (Fsp3) is 0.429. The number of benzene rings is 3. The van der Waals surface area contributed by atoms with E-state index < -0.39 is 17.2 Å². The van der Waals surface area contributed by atoms with Crippen LogP contribution in [0.3, 0.4) is 0 Å². The minimum atomic E-state index is -0.669. The van der Waals surface area contributed by atoms with Crippen molar-refractivity contribution in [2.24, 2.45) is 5.41 Å². The maximum absolute atomic E-state index is 12.8. The molecule has 3 aromatic carbocycles. The van der Waals surface area contributed by atoms with Gasteiger partial charge < -0.3 is 18.9 Å². The van der Waals surface area contributed by atoms with Crippen LogP contribution in [0.25, 0.3) is 11.1 Å². The summed E-state index contributed by atoms with van der Waals surface area (Å²) in [6.07, 6.45) is 1.26. The minimum Gasteiger partial charge on any atom is -0.497 e. The van der Waals surface area contributed by atoms with Gasteiger partial charge in [0.15, 0.2) is 7.00 Å². The summed E-state index contributed by atoms with van der Waals surface area (Å²) in [6.45, 7) is 16.3. The van der Waals surface area contributed by atoms with Gasteiger partial charge in [0.05, 0.1) is 24.9 Å². The highest BCUT2D eigenvalue weighted by Gasteiger charge is 2.31. The SMILES string of the molecule is COc1ccc(-c2ccc(OC(=O)c3ccc(C(C)(C)OCCC(C)(C)OC(=O)C([B]P)CC(C)(C)C)cc3)cc2)cc1. The normalized spacial score (nSPS) is 12.8. The Balaban J connectivity index is 1.53. The summed E-state index contributed by atoms with van der Waals surface area (Å²) in [5.41, 5.74) is 2.17. The molecule has 0 aliphatic heterocycles. The second-order valence-electron chi connectivity index (χ2n) is 13.1. The molecule has 0 spiro atoms. The van der Waals surface area contributed by atoms with Crippen LogP contribution in [0.5, 0.6) is 11.5 Å². The molecule has 0 bridgehead atoms. The van der Waals surface area contributed by atoms with Gasteiger partial charge in [0.25, 0.3) is 0 Å². The Kier molecular flexibility index (Phi) is 11.6. The first kappa shape index (κ1) is 34.3. The van der Waals surface area contributed by atoms with Crippen LogP contribution in [0, 0.1) is 5.41 Å². The summed E-state index contributed by atoms with van der Waals surface area (Å²) in [6, 6.07) is 22.4. The Morgan fingerprint density at radius 2 is 1.33 bits per heavy atom. The lowest BCUT2D eigenvalue weighted by Gasteiger charge is -2.32. The van der Waals surface area contributed by atoms with Gasteiger partial charge in [-0.1, -0.05) is 57.2 Å². The molecule has 0 aromatic heterocycles. The molecular weight excluding hydrogens is 558 g/mol. The first-order valence-corrected chi connectivity index (χ1v) is 15.3. The van der Waals surface area contributed by atoms with E-state index in [2.05, 4.69) is 29.9 Å². The summed E-state index contributed by atoms with van der Waals surface area (Å²) >= 11 is 0. The van der Waals surface area contributed by atoms with Gasteiger partial charge in [-0.15, -0.1) is 0 Å². The molecule has 0 saturated carbocycles. The molecule has 2 unspecified atom stereocenters. The average molecular weight is 604 g/mol. The van der Waals surface area contributed by atoms with Crippen molar-refractivity contribution in [3.8, 4) is 22.6 Å². The Hall–Kier alpha value is -3.15. The molecule has 0 heterocycles. The third kappa shape index (κ3) is 10.5. The van der Waals surface area contributed by atoms with Crippen LogP contribution >= 0.6 is 9.12 Å². The molecule has 2 atom stereocenters. The van der Waals surface area contributed by atoms with Crippen LogP contribution in [0.2, 0.25) is 5.82 Å². The van der Waals surface area contributed by atoms with Gasteiger partial charge in [-0.05, 0) is 92.6 Å². The van der Waals surface area contributed by atoms with Crippen LogP contribution in [-0.4, -0.2) is 38.3 Å². The molecule has 229 valence electrons. The van der Waals surface area contributed by atoms with Crippen molar-refractivity contribution in [1.82, 2.24) is 0 Å². The van der Waals surface area contributed by atoms with Crippen LogP contribution in [0.15, 0.2) is 72.8 Å². The third-order valence-electron chi connectivity index (χ3n) is 7.22. The maximum atomic E-state index is 12.8. The molecule has 0 aliphatic carbocycles. The van der Waals surface area contributed by atoms with E-state index in [9.17, 15) is 9.59 Å². The largest absolute Gasteiger partial charge is 0.497 e. The van der Waals surface area contributed by atoms with Gasteiger partial charge in [-0.2, -0.15) is 9.12 Å². The zero-order chi connectivity index (χ0) is 31.8. The van der Waals surface area contributed by atoms with E-state index >= 15 is 0 Å². The van der Waals surface area contributed by atoms with Crippen LogP contribution in [0.4, 0.5) is 0 Å². The zero-order valence-electron chi connectivity index (χ0n) is 26.7. The predicted molar refractivity (Wildman–Crippen MR) is 177 cm³/mol. The Morgan fingerprint density at radius 3 is 1.81 bits per heavy atom. The van der Waals surface area contributed by atoms with Gasteiger partial charge in [0.1, 0.15) is 17.1 Å². The summed E-state index contributed by atoms with van der Waals surface area (Å²) in [4.78, 5) is 25.6. The molecule has 8 heteroatoms. The van der Waals surface area contributed by atoms with E-state index in [-0.39, 0.29) is 17.2 Å². The molecule has 3 rings (SSSR count).